The minimum absolute atomic E-state index is 0.0165. The zero-order valence-electron chi connectivity index (χ0n) is 18.2. The van der Waals surface area contributed by atoms with Gasteiger partial charge in [0.15, 0.2) is 5.65 Å². The lowest BCUT2D eigenvalue weighted by Gasteiger charge is -2.14. The third-order valence-corrected chi connectivity index (χ3v) is 8.19. The van der Waals surface area contributed by atoms with Gasteiger partial charge in [-0.15, -0.1) is 0 Å². The first kappa shape index (κ1) is 21.9. The van der Waals surface area contributed by atoms with Gasteiger partial charge in [0, 0.05) is 47.0 Å². The van der Waals surface area contributed by atoms with Crippen LogP contribution in [-0.2, 0) is 16.4 Å². The van der Waals surface area contributed by atoms with Crippen molar-refractivity contribution in [3.05, 3.63) is 82.1 Å². The highest BCUT2D eigenvalue weighted by atomic mass is 79.9. The van der Waals surface area contributed by atoms with Gasteiger partial charge < -0.3 is 4.90 Å². The van der Waals surface area contributed by atoms with Crippen LogP contribution < -0.4 is 0 Å². The van der Waals surface area contributed by atoms with Crippen LogP contribution in [0.3, 0.4) is 0 Å². The highest BCUT2D eigenvalue weighted by molar-refractivity contribution is 9.10. The number of amides is 1. The van der Waals surface area contributed by atoms with Crippen LogP contribution in [0.4, 0.5) is 0 Å². The maximum atomic E-state index is 13.5. The van der Waals surface area contributed by atoms with E-state index in [0.717, 1.165) is 45.0 Å². The first-order chi connectivity index (χ1) is 15.8. The molecule has 4 aromatic rings. The van der Waals surface area contributed by atoms with Gasteiger partial charge in [0.1, 0.15) is 0 Å². The van der Waals surface area contributed by atoms with Crippen LogP contribution in [0.15, 0.2) is 70.3 Å². The molecule has 3 heterocycles. The van der Waals surface area contributed by atoms with Gasteiger partial charge in [0.25, 0.3) is 15.9 Å². The molecule has 2 aromatic carbocycles. The minimum Gasteiger partial charge on any atom is -0.342 e. The number of carbonyl (C=O) groups excluding carboxylic acids is 1. The number of aromatic nitrogens is 2. The summed E-state index contributed by atoms with van der Waals surface area (Å²) in [5.74, 6) is 0.0165. The van der Waals surface area contributed by atoms with Crippen molar-refractivity contribution in [3.63, 3.8) is 0 Å². The molecule has 0 atom stereocenters. The molecule has 6 nitrogen and oxygen atoms in total. The molecule has 5 rings (SSSR count). The van der Waals surface area contributed by atoms with Gasteiger partial charge in [-0.2, -0.15) is 0 Å². The van der Waals surface area contributed by atoms with E-state index in [4.69, 9.17) is 0 Å². The average Bonchev–Trinajstić information content (AvgIpc) is 3.11. The van der Waals surface area contributed by atoms with Crippen LogP contribution in [0.5, 0.6) is 0 Å². The van der Waals surface area contributed by atoms with Crippen LogP contribution in [0.2, 0.25) is 0 Å². The van der Waals surface area contributed by atoms with Crippen LogP contribution in [0.25, 0.3) is 22.2 Å². The molecule has 168 valence electrons. The van der Waals surface area contributed by atoms with Crippen LogP contribution >= 0.6 is 15.9 Å². The van der Waals surface area contributed by atoms with E-state index in [9.17, 15) is 13.2 Å². The summed E-state index contributed by atoms with van der Waals surface area (Å²) in [6.45, 7) is 2.63. The van der Waals surface area contributed by atoms with Gasteiger partial charge in [-0.1, -0.05) is 29.8 Å². The molecule has 0 aliphatic carbocycles. The van der Waals surface area contributed by atoms with Crippen molar-refractivity contribution in [2.75, 3.05) is 13.6 Å². The van der Waals surface area contributed by atoms with Crippen molar-refractivity contribution in [1.82, 2.24) is 13.9 Å². The summed E-state index contributed by atoms with van der Waals surface area (Å²) in [7, 11) is -2.03. The second-order valence-electron chi connectivity index (χ2n) is 8.38. The van der Waals surface area contributed by atoms with E-state index in [1.807, 2.05) is 38.2 Å². The summed E-state index contributed by atoms with van der Waals surface area (Å²) in [5.41, 5.74) is 4.64. The largest absolute Gasteiger partial charge is 0.342 e. The fourth-order valence-corrected chi connectivity index (χ4v) is 5.94. The molecular weight excluding hydrogens is 502 g/mol. The Morgan fingerprint density at radius 3 is 2.55 bits per heavy atom. The first-order valence-corrected chi connectivity index (χ1v) is 12.9. The molecule has 33 heavy (non-hydrogen) atoms. The van der Waals surface area contributed by atoms with E-state index < -0.39 is 10.0 Å². The Kier molecular flexibility index (Phi) is 5.37. The van der Waals surface area contributed by atoms with Gasteiger partial charge in [-0.25, -0.2) is 17.4 Å². The van der Waals surface area contributed by atoms with Crippen LogP contribution in [-0.4, -0.2) is 41.8 Å². The van der Waals surface area contributed by atoms with E-state index in [1.165, 1.54) is 3.97 Å². The SMILES string of the molecule is Cc1ccc(S(=O)(=O)n2cc(-c3ccc4c(c3)CCCN(C)C4=O)c3cc(Br)cnc32)cc1. The number of aryl methyl sites for hydroxylation is 2. The summed E-state index contributed by atoms with van der Waals surface area (Å²) in [6.07, 6.45) is 4.90. The molecule has 1 aliphatic rings. The molecule has 0 radical (unpaired) electrons. The lowest BCUT2D eigenvalue weighted by molar-refractivity contribution is 0.0800. The maximum Gasteiger partial charge on any atom is 0.269 e. The van der Waals surface area contributed by atoms with Crippen molar-refractivity contribution < 1.29 is 13.2 Å². The Balaban J connectivity index is 1.71. The van der Waals surface area contributed by atoms with Crippen molar-refractivity contribution in [3.8, 4) is 11.1 Å². The third kappa shape index (κ3) is 3.77. The fourth-order valence-electron chi connectivity index (χ4n) is 4.28. The number of benzene rings is 2. The van der Waals surface area contributed by atoms with Crippen LogP contribution in [0.1, 0.15) is 27.9 Å². The maximum absolute atomic E-state index is 13.5. The second kappa shape index (κ2) is 8.11. The number of halogens is 1. The Labute approximate surface area is 201 Å². The predicted molar refractivity (Wildman–Crippen MR) is 132 cm³/mol. The van der Waals surface area contributed by atoms with Gasteiger partial charge in [0.2, 0.25) is 0 Å². The smallest absolute Gasteiger partial charge is 0.269 e. The van der Waals surface area contributed by atoms with Crippen LogP contribution in [0, 0.1) is 6.92 Å². The molecule has 0 saturated heterocycles. The average molecular weight is 524 g/mol. The molecule has 0 N–H and O–H groups in total. The first-order valence-electron chi connectivity index (χ1n) is 10.6. The molecular formula is C25H22BrN3O3S. The Bertz CT molecular complexity index is 1510. The van der Waals surface area contributed by atoms with Crippen molar-refractivity contribution in [2.45, 2.75) is 24.7 Å². The van der Waals surface area contributed by atoms with Gasteiger partial charge in [-0.3, -0.25) is 4.79 Å². The predicted octanol–water partition coefficient (Wildman–Crippen LogP) is 5.03. The van der Waals surface area contributed by atoms with Crippen molar-refractivity contribution in [2.24, 2.45) is 0 Å². The van der Waals surface area contributed by atoms with Gasteiger partial charge >= 0.3 is 0 Å². The summed E-state index contributed by atoms with van der Waals surface area (Å²) in [4.78, 5) is 19.1. The Hall–Kier alpha value is -2.97. The summed E-state index contributed by atoms with van der Waals surface area (Å²) in [5, 5.41) is 0.720. The molecule has 0 fully saturated rings. The quantitative estimate of drug-likeness (QED) is 0.377. The highest BCUT2D eigenvalue weighted by Gasteiger charge is 2.25. The molecule has 0 bridgehead atoms. The Morgan fingerprint density at radius 2 is 1.79 bits per heavy atom. The van der Waals surface area contributed by atoms with Crippen molar-refractivity contribution >= 4 is 42.9 Å². The number of hydrogen-bond acceptors (Lipinski definition) is 4. The number of nitrogens with zero attached hydrogens (tertiary/aromatic N) is 3. The topological polar surface area (TPSA) is 72.3 Å². The molecule has 0 saturated carbocycles. The highest BCUT2D eigenvalue weighted by Crippen LogP contribution is 2.35. The van der Waals surface area contributed by atoms with E-state index >= 15 is 0 Å². The zero-order valence-corrected chi connectivity index (χ0v) is 20.6. The lowest BCUT2D eigenvalue weighted by Crippen LogP contribution is -2.26. The van der Waals surface area contributed by atoms with E-state index in [2.05, 4.69) is 20.9 Å². The van der Waals surface area contributed by atoms with Gasteiger partial charge in [0.05, 0.1) is 4.90 Å². The van der Waals surface area contributed by atoms with Crippen molar-refractivity contribution in [1.29, 1.82) is 0 Å². The van der Waals surface area contributed by atoms with E-state index in [1.54, 1.807) is 41.6 Å². The minimum atomic E-state index is -3.84. The molecule has 2 aromatic heterocycles. The third-order valence-electron chi connectivity index (χ3n) is 6.09. The monoisotopic (exact) mass is 523 g/mol. The lowest BCUT2D eigenvalue weighted by atomic mass is 9.97. The Morgan fingerprint density at radius 1 is 1.03 bits per heavy atom. The molecule has 1 amide bonds. The van der Waals surface area contributed by atoms with E-state index in [-0.39, 0.29) is 10.8 Å². The zero-order chi connectivity index (χ0) is 23.3. The number of carbonyl (C=O) groups is 1. The summed E-state index contributed by atoms with van der Waals surface area (Å²) >= 11 is 3.47. The molecule has 0 unspecified atom stereocenters. The fraction of sp³-hybridized carbons (Fsp3) is 0.200. The normalized spacial score (nSPS) is 14.4. The molecule has 0 spiro atoms. The molecule has 1 aliphatic heterocycles. The van der Waals surface area contributed by atoms with E-state index in [0.29, 0.717) is 17.8 Å². The number of hydrogen-bond donors (Lipinski definition) is 0. The number of fused-ring (bicyclic) bond motifs is 2. The number of rotatable bonds is 3. The summed E-state index contributed by atoms with van der Waals surface area (Å²) < 4.78 is 29.0. The van der Waals surface area contributed by atoms with Gasteiger partial charge in [-0.05, 0) is 71.1 Å². The molecule has 8 heteroatoms. The number of pyridine rings is 1. The second-order valence-corrected chi connectivity index (χ2v) is 11.1. The standard InChI is InChI=1S/C25H22BrN3O3S/c1-16-5-8-20(9-6-16)33(31,32)29-15-23(22-13-19(26)14-27-24(22)29)18-7-10-21-17(12-18)4-3-11-28(2)25(21)30/h5-10,12-15H,3-4,11H2,1-2H3. The summed E-state index contributed by atoms with van der Waals surface area (Å²) in [6, 6.07) is 14.4.